The van der Waals surface area contributed by atoms with E-state index < -0.39 is 0 Å². The van der Waals surface area contributed by atoms with Crippen molar-refractivity contribution in [2.75, 3.05) is 0 Å². The molecule has 3 atom stereocenters. The SMILES string of the molecule is C/C=C/C(=O)O[C@H]1C[C@@H](C)CC[C@@H]1C(C)(C)c1ccc2ccccc2c1. The van der Waals surface area contributed by atoms with Crippen LogP contribution in [0, 0.1) is 11.8 Å². The largest absolute Gasteiger partial charge is 0.459 e. The number of allylic oxidation sites excluding steroid dienone is 1. The average Bonchev–Trinajstić information content (AvgIpc) is 2.61. The van der Waals surface area contributed by atoms with Crippen molar-refractivity contribution in [2.45, 2.75) is 58.5 Å². The Morgan fingerprint density at radius 2 is 1.85 bits per heavy atom. The summed E-state index contributed by atoms with van der Waals surface area (Å²) in [7, 11) is 0. The Kier molecular flexibility index (Phi) is 5.50. The van der Waals surface area contributed by atoms with Gasteiger partial charge in [-0.3, -0.25) is 0 Å². The molecular weight excluding hydrogens is 320 g/mol. The van der Waals surface area contributed by atoms with Crippen LogP contribution in [0.1, 0.15) is 52.5 Å². The van der Waals surface area contributed by atoms with E-state index in [-0.39, 0.29) is 17.5 Å². The predicted octanol–water partition coefficient (Wildman–Crippen LogP) is 6.04. The third-order valence-electron chi connectivity index (χ3n) is 6.04. The van der Waals surface area contributed by atoms with Crippen molar-refractivity contribution in [3.63, 3.8) is 0 Å². The Morgan fingerprint density at radius 1 is 1.12 bits per heavy atom. The number of hydrogen-bond acceptors (Lipinski definition) is 2. The number of rotatable bonds is 4. The van der Waals surface area contributed by atoms with Gasteiger partial charge in [0.05, 0.1) is 0 Å². The fourth-order valence-electron chi connectivity index (χ4n) is 4.41. The molecule has 0 aliphatic heterocycles. The first-order chi connectivity index (χ1) is 12.4. The molecule has 3 rings (SSSR count). The van der Waals surface area contributed by atoms with Crippen LogP contribution in [0.15, 0.2) is 54.6 Å². The topological polar surface area (TPSA) is 26.3 Å². The van der Waals surface area contributed by atoms with Crippen molar-refractivity contribution in [1.29, 1.82) is 0 Å². The van der Waals surface area contributed by atoms with Gasteiger partial charge >= 0.3 is 5.97 Å². The summed E-state index contributed by atoms with van der Waals surface area (Å²) < 4.78 is 5.88. The highest BCUT2D eigenvalue weighted by molar-refractivity contribution is 5.83. The summed E-state index contributed by atoms with van der Waals surface area (Å²) in [6.45, 7) is 8.71. The van der Waals surface area contributed by atoms with Crippen LogP contribution >= 0.6 is 0 Å². The van der Waals surface area contributed by atoms with E-state index in [9.17, 15) is 4.79 Å². The molecule has 2 aromatic carbocycles. The second-order valence-electron chi connectivity index (χ2n) is 8.28. The zero-order valence-electron chi connectivity index (χ0n) is 16.4. The van der Waals surface area contributed by atoms with Crippen LogP contribution in [0.4, 0.5) is 0 Å². The highest BCUT2D eigenvalue weighted by Crippen LogP contribution is 2.44. The molecule has 1 aliphatic rings. The van der Waals surface area contributed by atoms with E-state index >= 15 is 0 Å². The van der Waals surface area contributed by atoms with Gasteiger partial charge in [0.15, 0.2) is 0 Å². The molecule has 1 saturated carbocycles. The first kappa shape index (κ1) is 18.7. The van der Waals surface area contributed by atoms with Gasteiger partial charge < -0.3 is 4.74 Å². The molecular formula is C24H30O2. The smallest absolute Gasteiger partial charge is 0.330 e. The molecule has 2 heteroatoms. The highest BCUT2D eigenvalue weighted by Gasteiger charge is 2.41. The standard InChI is InChI=1S/C24H30O2/c1-5-8-23(25)26-22-15-17(2)11-14-21(22)24(3,4)20-13-12-18-9-6-7-10-19(18)16-20/h5-10,12-13,16-17,21-22H,11,14-15H2,1-4H3/b8-5+/t17-,21-,22-/m0/s1. The van der Waals surface area contributed by atoms with Gasteiger partial charge in [-0.2, -0.15) is 0 Å². The molecule has 0 saturated heterocycles. The second kappa shape index (κ2) is 7.65. The average molecular weight is 351 g/mol. The quantitative estimate of drug-likeness (QED) is 0.496. The zero-order chi connectivity index (χ0) is 18.7. The highest BCUT2D eigenvalue weighted by atomic mass is 16.5. The minimum absolute atomic E-state index is 0.0241. The third kappa shape index (κ3) is 3.85. The number of benzene rings is 2. The van der Waals surface area contributed by atoms with E-state index in [1.165, 1.54) is 28.8 Å². The molecule has 0 unspecified atom stereocenters. The Labute approximate surface area is 157 Å². The van der Waals surface area contributed by atoms with Crippen molar-refractivity contribution < 1.29 is 9.53 Å². The lowest BCUT2D eigenvalue weighted by molar-refractivity contribution is -0.150. The maximum atomic E-state index is 12.1. The first-order valence-corrected chi connectivity index (χ1v) is 9.74. The molecule has 0 radical (unpaired) electrons. The van der Waals surface area contributed by atoms with Crippen molar-refractivity contribution in [1.82, 2.24) is 0 Å². The molecule has 1 aliphatic carbocycles. The van der Waals surface area contributed by atoms with Gasteiger partial charge in [-0.1, -0.05) is 75.7 Å². The minimum atomic E-state index is -0.217. The number of esters is 1. The second-order valence-corrected chi connectivity index (χ2v) is 8.28. The molecule has 2 aromatic rings. The predicted molar refractivity (Wildman–Crippen MR) is 108 cm³/mol. The number of fused-ring (bicyclic) bond motifs is 1. The van der Waals surface area contributed by atoms with Crippen molar-refractivity contribution in [2.24, 2.45) is 11.8 Å². The first-order valence-electron chi connectivity index (χ1n) is 9.74. The van der Waals surface area contributed by atoms with E-state index in [1.807, 2.05) is 6.92 Å². The summed E-state index contributed by atoms with van der Waals surface area (Å²) in [6, 6.07) is 15.2. The molecule has 0 aromatic heterocycles. The van der Waals surface area contributed by atoms with E-state index in [1.54, 1.807) is 6.08 Å². The van der Waals surface area contributed by atoms with Gasteiger partial charge in [0.1, 0.15) is 6.10 Å². The van der Waals surface area contributed by atoms with Crippen LogP contribution in [0.5, 0.6) is 0 Å². The Balaban J connectivity index is 1.91. The summed E-state index contributed by atoms with van der Waals surface area (Å²) in [5, 5.41) is 2.53. The fraction of sp³-hybridized carbons (Fsp3) is 0.458. The monoisotopic (exact) mass is 350 g/mol. The lowest BCUT2D eigenvalue weighted by Crippen LogP contribution is -2.43. The van der Waals surface area contributed by atoms with Crippen LogP contribution < -0.4 is 0 Å². The van der Waals surface area contributed by atoms with Crippen LogP contribution in [-0.4, -0.2) is 12.1 Å². The van der Waals surface area contributed by atoms with E-state index in [2.05, 4.69) is 63.2 Å². The maximum absolute atomic E-state index is 12.1. The number of hydrogen-bond donors (Lipinski definition) is 0. The molecule has 0 heterocycles. The molecule has 2 nitrogen and oxygen atoms in total. The lowest BCUT2D eigenvalue weighted by atomic mass is 9.64. The fourth-order valence-corrected chi connectivity index (χ4v) is 4.41. The van der Waals surface area contributed by atoms with E-state index in [4.69, 9.17) is 4.74 Å². The summed E-state index contributed by atoms with van der Waals surface area (Å²) >= 11 is 0. The zero-order valence-corrected chi connectivity index (χ0v) is 16.4. The van der Waals surface area contributed by atoms with Gasteiger partial charge in [-0.05, 0) is 47.4 Å². The normalized spacial score (nSPS) is 24.1. The van der Waals surface area contributed by atoms with Crippen LogP contribution in [-0.2, 0) is 14.9 Å². The van der Waals surface area contributed by atoms with Crippen molar-refractivity contribution in [3.05, 3.63) is 60.2 Å². The third-order valence-corrected chi connectivity index (χ3v) is 6.04. The van der Waals surface area contributed by atoms with Gasteiger partial charge in [-0.15, -0.1) is 0 Å². The molecule has 1 fully saturated rings. The summed E-state index contributed by atoms with van der Waals surface area (Å²) in [6.07, 6.45) is 6.49. The van der Waals surface area contributed by atoms with Crippen molar-refractivity contribution in [3.8, 4) is 0 Å². The number of carbonyl (C=O) groups excluding carboxylic acids is 1. The number of ether oxygens (including phenoxy) is 1. The number of carbonyl (C=O) groups is 1. The van der Waals surface area contributed by atoms with Gasteiger partial charge in [-0.25, -0.2) is 4.79 Å². The molecule has 0 amide bonds. The van der Waals surface area contributed by atoms with Crippen molar-refractivity contribution >= 4 is 16.7 Å². The summed E-state index contributed by atoms with van der Waals surface area (Å²) in [5.41, 5.74) is 1.27. The molecule has 0 N–H and O–H groups in total. The molecule has 26 heavy (non-hydrogen) atoms. The van der Waals surface area contributed by atoms with Gasteiger partial charge in [0.25, 0.3) is 0 Å². The minimum Gasteiger partial charge on any atom is -0.459 e. The van der Waals surface area contributed by atoms with E-state index in [0.717, 1.165) is 12.8 Å². The molecule has 138 valence electrons. The van der Waals surface area contributed by atoms with Crippen LogP contribution in [0.2, 0.25) is 0 Å². The Bertz CT molecular complexity index is 803. The van der Waals surface area contributed by atoms with E-state index in [0.29, 0.717) is 11.8 Å². The van der Waals surface area contributed by atoms with Gasteiger partial charge in [0.2, 0.25) is 0 Å². The Morgan fingerprint density at radius 3 is 2.58 bits per heavy atom. The molecule has 0 bridgehead atoms. The van der Waals surface area contributed by atoms with Crippen LogP contribution in [0.25, 0.3) is 10.8 Å². The summed E-state index contributed by atoms with van der Waals surface area (Å²) in [5.74, 6) is 0.710. The Hall–Kier alpha value is -2.09. The van der Waals surface area contributed by atoms with Crippen LogP contribution in [0.3, 0.4) is 0 Å². The maximum Gasteiger partial charge on any atom is 0.330 e. The summed E-state index contributed by atoms with van der Waals surface area (Å²) in [4.78, 5) is 12.1. The lowest BCUT2D eigenvalue weighted by Gasteiger charge is -2.44. The van der Waals surface area contributed by atoms with Gasteiger partial charge in [0, 0.05) is 12.0 Å². The molecule has 0 spiro atoms.